The summed E-state index contributed by atoms with van der Waals surface area (Å²) in [7, 11) is -3.86. The number of nitrogens with one attached hydrogen (secondary N) is 1. The molecular weight excluding hydrogens is 322 g/mol. The summed E-state index contributed by atoms with van der Waals surface area (Å²) < 4.78 is 61.2. The van der Waals surface area contributed by atoms with Crippen LogP contribution in [0.4, 0.5) is 8.78 Å². The zero-order chi connectivity index (χ0) is 16.2. The van der Waals surface area contributed by atoms with E-state index in [0.29, 0.717) is 13.0 Å². The van der Waals surface area contributed by atoms with E-state index in [4.69, 9.17) is 9.47 Å². The molecule has 2 aliphatic rings. The molecule has 2 fully saturated rings. The van der Waals surface area contributed by atoms with E-state index in [-0.39, 0.29) is 25.5 Å². The Morgan fingerprint density at radius 1 is 1.36 bits per heavy atom. The maximum atomic E-state index is 12.5. The van der Waals surface area contributed by atoms with Crippen molar-refractivity contribution in [2.45, 2.75) is 31.4 Å². The van der Waals surface area contributed by atoms with E-state index < -0.39 is 41.0 Å². The van der Waals surface area contributed by atoms with Gasteiger partial charge in [0.1, 0.15) is 6.04 Å². The van der Waals surface area contributed by atoms with Crippen LogP contribution >= 0.6 is 0 Å². The number of rotatable bonds is 6. The molecule has 0 aromatic heterocycles. The lowest BCUT2D eigenvalue weighted by molar-refractivity contribution is -0.132. The number of hydrogen-bond acceptors (Lipinski definition) is 6. The quantitative estimate of drug-likeness (QED) is 0.706. The van der Waals surface area contributed by atoms with Crippen molar-refractivity contribution in [2.24, 2.45) is 0 Å². The van der Waals surface area contributed by atoms with Crippen LogP contribution in [0.15, 0.2) is 0 Å². The van der Waals surface area contributed by atoms with Gasteiger partial charge >= 0.3 is 0 Å². The largest absolute Gasteiger partial charge is 0.378 e. The maximum absolute atomic E-state index is 12.5. The fourth-order valence-electron chi connectivity index (χ4n) is 2.56. The molecule has 2 saturated heterocycles. The van der Waals surface area contributed by atoms with Crippen LogP contribution < -0.4 is 4.72 Å². The van der Waals surface area contributed by atoms with Crippen LogP contribution in [-0.4, -0.2) is 76.5 Å². The first-order valence-corrected chi connectivity index (χ1v) is 8.78. The minimum Gasteiger partial charge on any atom is -0.378 e. The summed E-state index contributed by atoms with van der Waals surface area (Å²) in [6.07, 6.45) is -1.62. The molecule has 0 spiro atoms. The minimum absolute atomic E-state index is 0.103. The molecular formula is C12H20F2N2O5S. The average Bonchev–Trinajstić information content (AvgIpc) is 2.89. The number of morpholine rings is 1. The number of halogens is 2. The van der Waals surface area contributed by atoms with Gasteiger partial charge in [0.05, 0.1) is 31.6 Å². The van der Waals surface area contributed by atoms with Gasteiger partial charge in [0, 0.05) is 13.2 Å². The van der Waals surface area contributed by atoms with E-state index in [1.165, 1.54) is 4.90 Å². The lowest BCUT2D eigenvalue weighted by atomic mass is 10.2. The number of amides is 1. The summed E-state index contributed by atoms with van der Waals surface area (Å²) in [6.45, 7) is 0.210. The summed E-state index contributed by atoms with van der Waals surface area (Å²) in [5.74, 6) is -1.14. The Hall–Kier alpha value is -0.840. The predicted molar refractivity (Wildman–Crippen MR) is 73.1 cm³/mol. The Morgan fingerprint density at radius 2 is 2.14 bits per heavy atom. The zero-order valence-corrected chi connectivity index (χ0v) is 12.9. The number of nitrogens with zero attached hydrogens (tertiary/aromatic N) is 1. The monoisotopic (exact) mass is 342 g/mol. The molecule has 2 atom stereocenters. The molecule has 1 N–H and O–H groups in total. The fraction of sp³-hybridized carbons (Fsp3) is 0.917. The standard InChI is InChI=1S/C12H20F2N2O5S/c13-11(14)6-16-3-5-20-7-10(16)12(17)15-22(18,19)8-9-2-1-4-21-9/h9-11H,1-8H2,(H,15,17). The first-order chi connectivity index (χ1) is 10.4. The molecule has 1 amide bonds. The zero-order valence-electron chi connectivity index (χ0n) is 12.0. The van der Waals surface area contributed by atoms with Crippen molar-refractivity contribution in [2.75, 3.05) is 38.7 Å². The normalized spacial score (nSPS) is 27.2. The highest BCUT2D eigenvalue weighted by Crippen LogP contribution is 2.14. The Kier molecular flexibility index (Phi) is 6.07. The second-order valence-corrected chi connectivity index (χ2v) is 7.13. The molecule has 22 heavy (non-hydrogen) atoms. The van der Waals surface area contributed by atoms with Gasteiger partial charge in [0.15, 0.2) is 0 Å². The minimum atomic E-state index is -3.86. The van der Waals surface area contributed by atoms with Crippen LogP contribution in [-0.2, 0) is 24.3 Å². The molecule has 0 radical (unpaired) electrons. The van der Waals surface area contributed by atoms with Crippen LogP contribution in [0.5, 0.6) is 0 Å². The number of alkyl halides is 2. The fourth-order valence-corrected chi connectivity index (χ4v) is 3.84. The Labute approximate surface area is 128 Å². The van der Waals surface area contributed by atoms with Gasteiger partial charge in [-0.2, -0.15) is 0 Å². The molecule has 0 aromatic rings. The van der Waals surface area contributed by atoms with Crippen molar-refractivity contribution in [3.63, 3.8) is 0 Å². The van der Waals surface area contributed by atoms with Gasteiger partial charge in [0.25, 0.3) is 12.3 Å². The van der Waals surface area contributed by atoms with Crippen LogP contribution in [0.25, 0.3) is 0 Å². The van der Waals surface area contributed by atoms with Crippen molar-refractivity contribution < 1.29 is 31.5 Å². The number of sulfonamides is 1. The van der Waals surface area contributed by atoms with E-state index in [2.05, 4.69) is 0 Å². The van der Waals surface area contributed by atoms with Crippen LogP contribution in [0, 0.1) is 0 Å². The summed E-state index contributed by atoms with van der Waals surface area (Å²) in [6, 6.07) is -1.03. The van der Waals surface area contributed by atoms with Gasteiger partial charge in [-0.3, -0.25) is 14.4 Å². The van der Waals surface area contributed by atoms with E-state index in [9.17, 15) is 22.0 Å². The van der Waals surface area contributed by atoms with Crippen molar-refractivity contribution in [1.82, 2.24) is 9.62 Å². The van der Waals surface area contributed by atoms with Crippen LogP contribution in [0.3, 0.4) is 0 Å². The van der Waals surface area contributed by atoms with Crippen LogP contribution in [0.2, 0.25) is 0 Å². The van der Waals surface area contributed by atoms with E-state index in [1.807, 2.05) is 4.72 Å². The number of hydrogen-bond donors (Lipinski definition) is 1. The van der Waals surface area contributed by atoms with E-state index in [1.54, 1.807) is 0 Å². The highest BCUT2D eigenvalue weighted by Gasteiger charge is 2.34. The van der Waals surface area contributed by atoms with Crippen molar-refractivity contribution >= 4 is 15.9 Å². The molecule has 128 valence electrons. The third-order valence-electron chi connectivity index (χ3n) is 3.60. The average molecular weight is 342 g/mol. The van der Waals surface area contributed by atoms with Gasteiger partial charge in [-0.05, 0) is 12.8 Å². The molecule has 7 nitrogen and oxygen atoms in total. The molecule has 0 bridgehead atoms. The topological polar surface area (TPSA) is 84.9 Å². The summed E-state index contributed by atoms with van der Waals surface area (Å²) in [4.78, 5) is 13.3. The van der Waals surface area contributed by atoms with Gasteiger partial charge < -0.3 is 9.47 Å². The third-order valence-corrected chi connectivity index (χ3v) is 4.92. The van der Waals surface area contributed by atoms with Crippen molar-refractivity contribution in [3.05, 3.63) is 0 Å². The summed E-state index contributed by atoms with van der Waals surface area (Å²) in [5, 5.41) is 0. The molecule has 0 saturated carbocycles. The summed E-state index contributed by atoms with van der Waals surface area (Å²) >= 11 is 0. The molecule has 2 aliphatic heterocycles. The highest BCUT2D eigenvalue weighted by molar-refractivity contribution is 7.90. The van der Waals surface area contributed by atoms with Gasteiger partial charge in [-0.15, -0.1) is 0 Å². The van der Waals surface area contributed by atoms with E-state index in [0.717, 1.165) is 6.42 Å². The van der Waals surface area contributed by atoms with Crippen molar-refractivity contribution in [1.29, 1.82) is 0 Å². The highest BCUT2D eigenvalue weighted by atomic mass is 32.2. The molecule has 10 heteroatoms. The molecule has 0 aromatic carbocycles. The first-order valence-electron chi connectivity index (χ1n) is 7.13. The molecule has 0 aliphatic carbocycles. The predicted octanol–water partition coefficient (Wildman–Crippen LogP) is -0.423. The molecule has 2 heterocycles. The number of ether oxygens (including phenoxy) is 2. The van der Waals surface area contributed by atoms with Gasteiger partial charge in [0.2, 0.25) is 10.0 Å². The Balaban J connectivity index is 1.93. The SMILES string of the molecule is O=C(NS(=O)(=O)CC1CCCO1)C1COCCN1CC(F)F. The third kappa shape index (κ3) is 5.11. The Morgan fingerprint density at radius 3 is 2.77 bits per heavy atom. The Bertz CT molecular complexity index is 482. The summed E-state index contributed by atoms with van der Waals surface area (Å²) in [5.41, 5.74) is 0. The lowest BCUT2D eigenvalue weighted by Crippen LogP contribution is -2.56. The van der Waals surface area contributed by atoms with Crippen molar-refractivity contribution in [3.8, 4) is 0 Å². The smallest absolute Gasteiger partial charge is 0.253 e. The molecule has 2 rings (SSSR count). The van der Waals surface area contributed by atoms with Gasteiger partial charge in [-0.25, -0.2) is 17.2 Å². The number of carbonyl (C=O) groups is 1. The molecule has 2 unspecified atom stereocenters. The first kappa shape index (κ1) is 17.5. The van der Waals surface area contributed by atoms with Crippen LogP contribution in [0.1, 0.15) is 12.8 Å². The van der Waals surface area contributed by atoms with E-state index >= 15 is 0 Å². The second kappa shape index (κ2) is 7.62. The van der Waals surface area contributed by atoms with Gasteiger partial charge in [-0.1, -0.05) is 0 Å². The lowest BCUT2D eigenvalue weighted by Gasteiger charge is -2.34. The second-order valence-electron chi connectivity index (χ2n) is 5.36. The number of carbonyl (C=O) groups excluding carboxylic acids is 1. The maximum Gasteiger partial charge on any atom is 0.253 e.